The van der Waals surface area contributed by atoms with Gasteiger partial charge in [0, 0.05) is 26.8 Å². The van der Waals surface area contributed by atoms with E-state index in [1.54, 1.807) is 7.11 Å². The Morgan fingerprint density at radius 2 is 1.79 bits per heavy atom. The lowest BCUT2D eigenvalue weighted by molar-refractivity contribution is -0.219. The lowest BCUT2D eigenvalue weighted by Crippen LogP contribution is -2.39. The largest absolute Gasteiger partial charge is 0.481 e. The zero-order valence-corrected chi connectivity index (χ0v) is 11.7. The van der Waals surface area contributed by atoms with Crippen LogP contribution in [0.1, 0.15) is 38.5 Å². The Kier molecular flexibility index (Phi) is 5.60. The highest BCUT2D eigenvalue weighted by Gasteiger charge is 2.28. The number of carboxylic acids is 1. The van der Waals surface area contributed by atoms with Gasteiger partial charge in [0.25, 0.3) is 0 Å². The number of nitrogens with zero attached hydrogens (tertiary/aromatic N) is 1. The predicted molar refractivity (Wildman–Crippen MR) is 70.6 cm³/mol. The van der Waals surface area contributed by atoms with Gasteiger partial charge in [0.2, 0.25) is 0 Å². The van der Waals surface area contributed by atoms with Crippen molar-refractivity contribution < 1.29 is 19.5 Å². The summed E-state index contributed by atoms with van der Waals surface area (Å²) in [7, 11) is 1.76. The number of carboxylic acid groups (broad SMARTS) is 1. The molecule has 1 saturated carbocycles. The summed E-state index contributed by atoms with van der Waals surface area (Å²) in [6, 6.07) is 0. The second-order valence-corrected chi connectivity index (χ2v) is 5.75. The third kappa shape index (κ3) is 4.44. The molecule has 0 bridgehead atoms. The maximum absolute atomic E-state index is 10.9. The molecule has 0 amide bonds. The molecule has 0 aromatic heterocycles. The van der Waals surface area contributed by atoms with Crippen LogP contribution in [0.15, 0.2) is 0 Å². The van der Waals surface area contributed by atoms with Gasteiger partial charge in [-0.05, 0) is 44.4 Å². The number of aliphatic carboxylic acids is 1. The number of methoxy groups -OCH3 is 1. The molecular formula is C14H25NO4. The fraction of sp³-hybridized carbons (Fsp3) is 0.929. The van der Waals surface area contributed by atoms with Crippen molar-refractivity contribution in [2.24, 2.45) is 11.8 Å². The van der Waals surface area contributed by atoms with Crippen molar-refractivity contribution in [2.45, 2.75) is 44.6 Å². The molecule has 1 aliphatic carbocycles. The Hall–Kier alpha value is -0.650. The van der Waals surface area contributed by atoms with Gasteiger partial charge >= 0.3 is 5.97 Å². The molecule has 0 radical (unpaired) electrons. The van der Waals surface area contributed by atoms with Gasteiger partial charge in [0.15, 0.2) is 0 Å². The Balaban J connectivity index is 1.65. The van der Waals surface area contributed by atoms with Crippen molar-refractivity contribution in [1.29, 1.82) is 0 Å². The maximum atomic E-state index is 10.9. The normalized spacial score (nSPS) is 30.4. The molecule has 2 rings (SSSR count). The molecule has 110 valence electrons. The Bertz CT molecular complexity index is 281. The van der Waals surface area contributed by atoms with Crippen LogP contribution in [0, 0.1) is 11.8 Å². The van der Waals surface area contributed by atoms with E-state index in [0.717, 1.165) is 32.5 Å². The molecule has 0 aromatic rings. The van der Waals surface area contributed by atoms with E-state index in [2.05, 4.69) is 0 Å². The fourth-order valence-corrected chi connectivity index (χ4v) is 3.06. The molecule has 0 atom stereocenters. The van der Waals surface area contributed by atoms with Crippen LogP contribution in [-0.2, 0) is 14.4 Å². The zero-order chi connectivity index (χ0) is 13.7. The van der Waals surface area contributed by atoms with Crippen LogP contribution in [0.5, 0.6) is 0 Å². The molecule has 2 fully saturated rings. The molecule has 1 aliphatic heterocycles. The van der Waals surface area contributed by atoms with Gasteiger partial charge in [-0.1, -0.05) is 0 Å². The van der Waals surface area contributed by atoms with E-state index in [-0.39, 0.29) is 5.92 Å². The van der Waals surface area contributed by atoms with Crippen LogP contribution in [-0.4, -0.2) is 49.0 Å². The number of rotatable bonds is 5. The average molecular weight is 271 g/mol. The average Bonchev–Trinajstić information content (AvgIpc) is 2.42. The first-order valence-electron chi connectivity index (χ1n) is 7.32. The van der Waals surface area contributed by atoms with Gasteiger partial charge in [-0.25, -0.2) is 0 Å². The Morgan fingerprint density at radius 3 is 2.32 bits per heavy atom. The van der Waals surface area contributed by atoms with E-state index in [4.69, 9.17) is 14.7 Å². The molecule has 0 spiro atoms. The van der Waals surface area contributed by atoms with Crippen LogP contribution < -0.4 is 0 Å². The molecule has 1 heterocycles. The Morgan fingerprint density at radius 1 is 1.16 bits per heavy atom. The lowest BCUT2D eigenvalue weighted by atomic mass is 9.88. The summed E-state index contributed by atoms with van der Waals surface area (Å²) in [5, 5.41) is 10.9. The van der Waals surface area contributed by atoms with E-state index in [1.165, 1.54) is 12.8 Å². The summed E-state index contributed by atoms with van der Waals surface area (Å²) < 4.78 is 5.19. The van der Waals surface area contributed by atoms with Crippen LogP contribution in [0.25, 0.3) is 0 Å². The van der Waals surface area contributed by atoms with Crippen molar-refractivity contribution in [3.63, 3.8) is 0 Å². The van der Waals surface area contributed by atoms with E-state index in [0.29, 0.717) is 24.9 Å². The number of ether oxygens (including phenoxy) is 1. The molecular weight excluding hydrogens is 246 g/mol. The smallest absolute Gasteiger partial charge is 0.306 e. The second kappa shape index (κ2) is 7.22. The maximum Gasteiger partial charge on any atom is 0.306 e. The van der Waals surface area contributed by atoms with Gasteiger partial charge < -0.3 is 9.84 Å². The van der Waals surface area contributed by atoms with Crippen molar-refractivity contribution in [1.82, 2.24) is 5.06 Å². The van der Waals surface area contributed by atoms with E-state index in [9.17, 15) is 4.79 Å². The van der Waals surface area contributed by atoms with E-state index < -0.39 is 5.97 Å². The number of carbonyl (C=O) groups is 1. The Labute approximate surface area is 114 Å². The zero-order valence-electron chi connectivity index (χ0n) is 11.7. The highest BCUT2D eigenvalue weighted by Crippen LogP contribution is 2.28. The van der Waals surface area contributed by atoms with Gasteiger partial charge in [0.1, 0.15) is 0 Å². The number of hydroxylamine groups is 2. The first kappa shape index (κ1) is 14.8. The molecule has 5 heteroatoms. The van der Waals surface area contributed by atoms with E-state index in [1.807, 2.05) is 5.06 Å². The van der Waals surface area contributed by atoms with Gasteiger partial charge in [0.05, 0.1) is 12.0 Å². The van der Waals surface area contributed by atoms with E-state index >= 15 is 0 Å². The quantitative estimate of drug-likeness (QED) is 0.828. The first-order chi connectivity index (χ1) is 9.19. The number of hydrogen-bond donors (Lipinski definition) is 1. The minimum Gasteiger partial charge on any atom is -0.481 e. The molecule has 2 aliphatic rings. The third-order valence-electron chi connectivity index (χ3n) is 4.30. The summed E-state index contributed by atoms with van der Waals surface area (Å²) in [5.74, 6) is -0.167. The van der Waals surface area contributed by atoms with Gasteiger partial charge in [-0.2, -0.15) is 5.06 Å². The molecule has 1 saturated heterocycles. The molecule has 19 heavy (non-hydrogen) atoms. The summed E-state index contributed by atoms with van der Waals surface area (Å²) >= 11 is 0. The monoisotopic (exact) mass is 271 g/mol. The van der Waals surface area contributed by atoms with Gasteiger partial charge in [-0.3, -0.25) is 9.63 Å². The summed E-state index contributed by atoms with van der Waals surface area (Å²) in [5.41, 5.74) is 0. The summed E-state index contributed by atoms with van der Waals surface area (Å²) in [6.07, 6.45) is 6.24. The summed E-state index contributed by atoms with van der Waals surface area (Å²) in [4.78, 5) is 16.9. The highest BCUT2D eigenvalue weighted by molar-refractivity contribution is 5.70. The van der Waals surface area contributed by atoms with Crippen molar-refractivity contribution in [2.75, 3.05) is 26.8 Å². The molecule has 5 nitrogen and oxygen atoms in total. The molecule has 1 N–H and O–H groups in total. The SMILES string of the molecule is COCC1CCC(ON2CCC(C(=O)O)CC2)CC1. The lowest BCUT2D eigenvalue weighted by Gasteiger charge is -2.35. The van der Waals surface area contributed by atoms with Crippen molar-refractivity contribution in [3.05, 3.63) is 0 Å². The van der Waals surface area contributed by atoms with Crippen LogP contribution >= 0.6 is 0 Å². The van der Waals surface area contributed by atoms with Crippen LogP contribution in [0.2, 0.25) is 0 Å². The number of piperidine rings is 1. The van der Waals surface area contributed by atoms with Crippen molar-refractivity contribution >= 4 is 5.97 Å². The first-order valence-corrected chi connectivity index (χ1v) is 7.32. The van der Waals surface area contributed by atoms with Crippen molar-refractivity contribution in [3.8, 4) is 0 Å². The summed E-state index contributed by atoms with van der Waals surface area (Å²) in [6.45, 7) is 2.35. The minimum absolute atomic E-state index is 0.183. The molecule has 0 aromatic carbocycles. The van der Waals surface area contributed by atoms with Gasteiger partial charge in [-0.15, -0.1) is 0 Å². The predicted octanol–water partition coefficient (Wildman–Crippen LogP) is 1.92. The highest BCUT2D eigenvalue weighted by atomic mass is 16.7. The van der Waals surface area contributed by atoms with Crippen LogP contribution in [0.4, 0.5) is 0 Å². The fourth-order valence-electron chi connectivity index (χ4n) is 3.06. The van der Waals surface area contributed by atoms with Crippen LogP contribution in [0.3, 0.4) is 0 Å². The number of hydrogen-bond acceptors (Lipinski definition) is 4. The second-order valence-electron chi connectivity index (χ2n) is 5.75. The molecule has 0 unspecified atom stereocenters. The standard InChI is InChI=1S/C14H25NO4/c1-18-10-11-2-4-13(5-3-11)19-15-8-6-12(7-9-15)14(16)17/h11-13H,2-10H2,1H3,(H,16,17). The third-order valence-corrected chi connectivity index (χ3v) is 4.30. The minimum atomic E-state index is -0.667. The topological polar surface area (TPSA) is 59.0 Å².